The molecule has 0 spiro atoms. The lowest BCUT2D eigenvalue weighted by atomic mass is 9.81. The molecule has 2 unspecified atom stereocenters. The molecule has 4 heteroatoms. The predicted molar refractivity (Wildman–Crippen MR) is 130 cm³/mol. The number of hydrogen-bond acceptors (Lipinski definition) is 3. The Labute approximate surface area is 198 Å². The lowest BCUT2D eigenvalue weighted by Gasteiger charge is -2.24. The maximum atomic E-state index is 13.2. The molecule has 2 aliphatic rings. The number of ether oxygens (including phenoxy) is 1. The van der Waals surface area contributed by atoms with Crippen molar-refractivity contribution < 1.29 is 14.3 Å². The summed E-state index contributed by atoms with van der Waals surface area (Å²) in [6.07, 6.45) is -0.232. The Morgan fingerprint density at radius 2 is 1.09 bits per heavy atom. The molecule has 0 radical (unpaired) electrons. The molecule has 34 heavy (non-hydrogen) atoms. The number of nitrogens with zero attached hydrogens (tertiary/aromatic N) is 1. The molecule has 166 valence electrons. The van der Waals surface area contributed by atoms with Crippen LogP contribution < -0.4 is 0 Å². The second-order valence-corrected chi connectivity index (χ2v) is 8.79. The third-order valence-corrected chi connectivity index (χ3v) is 6.91. The van der Waals surface area contributed by atoms with E-state index in [2.05, 4.69) is 24.3 Å². The zero-order valence-electron chi connectivity index (χ0n) is 18.5. The van der Waals surface area contributed by atoms with Crippen molar-refractivity contribution in [2.24, 2.45) is 0 Å². The molecule has 1 fully saturated rings. The molecule has 0 aliphatic carbocycles. The van der Waals surface area contributed by atoms with E-state index in [4.69, 9.17) is 4.74 Å². The number of carbonyl (C=O) groups is 2. The van der Waals surface area contributed by atoms with E-state index in [1.807, 2.05) is 66.7 Å². The predicted octanol–water partition coefficient (Wildman–Crippen LogP) is 5.41. The van der Waals surface area contributed by atoms with Gasteiger partial charge in [0.2, 0.25) is 0 Å². The Kier molecular flexibility index (Phi) is 4.89. The zero-order valence-corrected chi connectivity index (χ0v) is 18.5. The number of epoxide rings is 1. The van der Waals surface area contributed by atoms with Gasteiger partial charge in [-0.15, -0.1) is 0 Å². The first-order valence-corrected chi connectivity index (χ1v) is 11.5. The molecule has 4 nitrogen and oxygen atoms in total. The van der Waals surface area contributed by atoms with Gasteiger partial charge in [0, 0.05) is 12.5 Å². The van der Waals surface area contributed by atoms with Crippen LogP contribution in [0, 0.1) is 0 Å². The van der Waals surface area contributed by atoms with Gasteiger partial charge in [0.05, 0.1) is 11.1 Å². The van der Waals surface area contributed by atoms with E-state index < -0.39 is 5.60 Å². The maximum Gasteiger partial charge on any atom is 0.261 e. The third-order valence-electron chi connectivity index (χ3n) is 6.91. The van der Waals surface area contributed by atoms with Crippen LogP contribution >= 0.6 is 0 Å². The molecule has 2 heterocycles. The highest BCUT2D eigenvalue weighted by atomic mass is 16.6. The van der Waals surface area contributed by atoms with Crippen molar-refractivity contribution in [3.63, 3.8) is 0 Å². The molecule has 4 aromatic rings. The fraction of sp³-hybridized carbons (Fsp3) is 0.133. The van der Waals surface area contributed by atoms with Gasteiger partial charge in [-0.05, 0) is 28.8 Å². The highest BCUT2D eigenvalue weighted by Gasteiger charge is 2.62. The number of fused-ring (bicyclic) bond motifs is 1. The summed E-state index contributed by atoms with van der Waals surface area (Å²) in [5.74, 6) is -0.678. The van der Waals surface area contributed by atoms with Crippen molar-refractivity contribution in [1.82, 2.24) is 4.90 Å². The lowest BCUT2D eigenvalue weighted by molar-refractivity contribution is 0.0639. The first-order valence-electron chi connectivity index (χ1n) is 11.5. The Morgan fingerprint density at radius 3 is 1.59 bits per heavy atom. The van der Waals surface area contributed by atoms with Crippen LogP contribution in [0.2, 0.25) is 0 Å². The van der Waals surface area contributed by atoms with Crippen molar-refractivity contribution in [2.45, 2.75) is 17.6 Å². The summed E-state index contributed by atoms with van der Waals surface area (Å²) in [6.45, 7) is 0.252. The molecule has 0 saturated carbocycles. The normalized spacial score (nSPS) is 19.1. The quantitative estimate of drug-likeness (QED) is 0.295. The number of imide groups is 1. The van der Waals surface area contributed by atoms with Crippen molar-refractivity contribution in [3.05, 3.63) is 143 Å². The molecular weight excluding hydrogens is 422 g/mol. The molecule has 0 N–H and O–H groups in total. The summed E-state index contributed by atoms with van der Waals surface area (Å²) in [5, 5.41) is 0. The molecule has 0 aromatic heterocycles. The largest absolute Gasteiger partial charge is 0.355 e. The number of rotatable bonds is 6. The topological polar surface area (TPSA) is 49.9 Å². The lowest BCUT2D eigenvalue weighted by Crippen LogP contribution is -2.36. The molecule has 0 bridgehead atoms. The Hall–Kier alpha value is -4.02. The Morgan fingerprint density at radius 1 is 0.647 bits per heavy atom. The average Bonchev–Trinajstić information content (AvgIpc) is 3.61. The van der Waals surface area contributed by atoms with Crippen LogP contribution in [0.3, 0.4) is 0 Å². The zero-order chi connectivity index (χ0) is 23.1. The van der Waals surface area contributed by atoms with Gasteiger partial charge in [-0.25, -0.2) is 0 Å². The Bertz CT molecular complexity index is 1280. The van der Waals surface area contributed by atoms with E-state index >= 15 is 0 Å². The smallest absolute Gasteiger partial charge is 0.261 e. The number of benzene rings is 4. The second kappa shape index (κ2) is 8.08. The summed E-state index contributed by atoms with van der Waals surface area (Å²) in [6, 6.07) is 37.4. The minimum Gasteiger partial charge on any atom is -0.355 e. The minimum atomic E-state index is -0.637. The number of carbonyl (C=O) groups excluding carboxylic acids is 2. The van der Waals surface area contributed by atoms with E-state index in [0.717, 1.165) is 16.7 Å². The van der Waals surface area contributed by atoms with E-state index in [0.29, 0.717) is 11.1 Å². The van der Waals surface area contributed by atoms with Crippen LogP contribution in [0.4, 0.5) is 0 Å². The molecule has 2 amide bonds. The van der Waals surface area contributed by atoms with Gasteiger partial charge in [-0.2, -0.15) is 0 Å². The van der Waals surface area contributed by atoms with Crippen LogP contribution in [-0.4, -0.2) is 29.4 Å². The van der Waals surface area contributed by atoms with Crippen molar-refractivity contribution in [2.75, 3.05) is 6.54 Å². The first-order chi connectivity index (χ1) is 16.7. The summed E-state index contributed by atoms with van der Waals surface area (Å²) >= 11 is 0. The second-order valence-electron chi connectivity index (χ2n) is 8.79. The fourth-order valence-electron chi connectivity index (χ4n) is 5.21. The standard InChI is InChI=1S/C30H23NO3/c32-28-24-18-10-11-19-25(24)29(33)31(28)20-26(21-12-4-1-5-13-21)27-30(34-27,22-14-6-2-7-15-22)23-16-8-3-9-17-23/h1-19,26-27H,20H2. The maximum absolute atomic E-state index is 13.2. The van der Waals surface area contributed by atoms with Gasteiger partial charge in [0.1, 0.15) is 11.7 Å². The van der Waals surface area contributed by atoms with E-state index in [1.54, 1.807) is 24.3 Å². The summed E-state index contributed by atoms with van der Waals surface area (Å²) in [5.41, 5.74) is 3.46. The highest BCUT2D eigenvalue weighted by molar-refractivity contribution is 6.21. The van der Waals surface area contributed by atoms with Gasteiger partial charge < -0.3 is 4.74 Å². The van der Waals surface area contributed by atoms with Crippen molar-refractivity contribution in [3.8, 4) is 0 Å². The first kappa shape index (κ1) is 20.6. The molecule has 2 atom stereocenters. The fourth-order valence-corrected chi connectivity index (χ4v) is 5.21. The SMILES string of the molecule is O=C1c2ccccc2C(=O)N1CC(c1ccccc1)C1OC1(c1ccccc1)c1ccccc1. The van der Waals surface area contributed by atoms with Crippen LogP contribution in [0.25, 0.3) is 0 Å². The van der Waals surface area contributed by atoms with Gasteiger partial charge in [-0.1, -0.05) is 103 Å². The van der Waals surface area contributed by atoms with Crippen molar-refractivity contribution in [1.29, 1.82) is 0 Å². The van der Waals surface area contributed by atoms with Gasteiger partial charge in [0.15, 0.2) is 0 Å². The molecule has 1 saturated heterocycles. The van der Waals surface area contributed by atoms with Crippen LogP contribution in [-0.2, 0) is 10.3 Å². The summed E-state index contributed by atoms with van der Waals surface area (Å²) < 4.78 is 6.60. The van der Waals surface area contributed by atoms with Gasteiger partial charge in [0.25, 0.3) is 11.8 Å². The molecule has 6 rings (SSSR count). The van der Waals surface area contributed by atoms with Gasteiger partial charge in [-0.3, -0.25) is 14.5 Å². The molecule has 2 aliphatic heterocycles. The van der Waals surface area contributed by atoms with Gasteiger partial charge >= 0.3 is 0 Å². The van der Waals surface area contributed by atoms with Crippen LogP contribution in [0.1, 0.15) is 43.3 Å². The minimum absolute atomic E-state index is 0.191. The Balaban J connectivity index is 1.42. The average molecular weight is 446 g/mol. The monoisotopic (exact) mass is 445 g/mol. The third kappa shape index (κ3) is 3.18. The summed E-state index contributed by atoms with van der Waals surface area (Å²) in [7, 11) is 0. The molecular formula is C30H23NO3. The number of hydrogen-bond donors (Lipinski definition) is 0. The summed E-state index contributed by atoms with van der Waals surface area (Å²) in [4.78, 5) is 27.7. The highest BCUT2D eigenvalue weighted by Crippen LogP contribution is 2.57. The van der Waals surface area contributed by atoms with E-state index in [9.17, 15) is 9.59 Å². The van der Waals surface area contributed by atoms with Crippen molar-refractivity contribution >= 4 is 11.8 Å². The molecule has 4 aromatic carbocycles. The van der Waals surface area contributed by atoms with E-state index in [1.165, 1.54) is 4.90 Å². The van der Waals surface area contributed by atoms with Crippen LogP contribution in [0.5, 0.6) is 0 Å². The number of amides is 2. The van der Waals surface area contributed by atoms with E-state index in [-0.39, 0.29) is 30.4 Å². The van der Waals surface area contributed by atoms with Crippen LogP contribution in [0.15, 0.2) is 115 Å².